The van der Waals surface area contributed by atoms with Crippen LogP contribution in [0, 0.1) is 5.41 Å². The summed E-state index contributed by atoms with van der Waals surface area (Å²) in [5, 5.41) is 9.44. The van der Waals surface area contributed by atoms with E-state index in [0.29, 0.717) is 13.1 Å². The molecule has 0 aromatic heterocycles. The minimum Gasteiger partial charge on any atom is -0.356 e. The van der Waals surface area contributed by atoms with Crippen molar-refractivity contribution in [2.24, 2.45) is 10.4 Å². The molecule has 1 rings (SSSR count). The Hall–Kier alpha value is -1.30. The van der Waals surface area contributed by atoms with E-state index in [9.17, 15) is 4.79 Å². The summed E-state index contributed by atoms with van der Waals surface area (Å²) in [6, 6.07) is 0. The van der Waals surface area contributed by atoms with Gasteiger partial charge in [0, 0.05) is 33.2 Å². The Morgan fingerprint density at radius 2 is 1.82 bits per heavy atom. The van der Waals surface area contributed by atoms with Crippen molar-refractivity contribution in [3.8, 4) is 0 Å². The second kappa shape index (κ2) is 9.66. The molecule has 1 amide bonds. The lowest BCUT2D eigenvalue weighted by Crippen LogP contribution is -2.49. The lowest BCUT2D eigenvalue weighted by atomic mass is 9.92. The van der Waals surface area contributed by atoms with E-state index in [1.165, 1.54) is 32.4 Å². The lowest BCUT2D eigenvalue weighted by Gasteiger charge is -2.27. The number of guanidine groups is 1. The molecule has 6 nitrogen and oxygen atoms in total. The molecule has 0 aromatic rings. The van der Waals surface area contributed by atoms with E-state index < -0.39 is 5.41 Å². The van der Waals surface area contributed by atoms with Crippen LogP contribution in [-0.2, 0) is 4.79 Å². The van der Waals surface area contributed by atoms with Crippen LogP contribution in [0.1, 0.15) is 40.0 Å². The van der Waals surface area contributed by atoms with Gasteiger partial charge < -0.3 is 20.9 Å². The van der Waals surface area contributed by atoms with Gasteiger partial charge in [-0.15, -0.1) is 0 Å². The molecule has 1 aliphatic heterocycles. The van der Waals surface area contributed by atoms with Gasteiger partial charge in [-0.25, -0.2) is 0 Å². The number of nitrogens with zero attached hydrogens (tertiary/aromatic N) is 2. The largest absolute Gasteiger partial charge is 0.356 e. The van der Waals surface area contributed by atoms with Crippen molar-refractivity contribution in [3.05, 3.63) is 0 Å². The van der Waals surface area contributed by atoms with Crippen LogP contribution in [0.4, 0.5) is 0 Å². The third-order valence-electron chi connectivity index (χ3n) is 4.04. The van der Waals surface area contributed by atoms with Crippen molar-refractivity contribution in [1.82, 2.24) is 20.9 Å². The summed E-state index contributed by atoms with van der Waals surface area (Å²) in [5.74, 6) is 0.820. The highest BCUT2D eigenvalue weighted by Crippen LogP contribution is 2.13. The summed E-state index contributed by atoms with van der Waals surface area (Å²) in [6.45, 7) is 11.4. The molecule has 6 heteroatoms. The van der Waals surface area contributed by atoms with Gasteiger partial charge in [0.25, 0.3) is 0 Å². The van der Waals surface area contributed by atoms with Gasteiger partial charge in [0.05, 0.1) is 5.41 Å². The molecule has 1 aliphatic rings. The molecule has 0 unspecified atom stereocenters. The maximum absolute atomic E-state index is 12.0. The zero-order valence-electron chi connectivity index (χ0n) is 14.7. The number of rotatable bonds is 7. The van der Waals surface area contributed by atoms with Gasteiger partial charge in [-0.05, 0) is 46.7 Å². The average Bonchev–Trinajstić information content (AvgIpc) is 2.52. The molecule has 128 valence electrons. The lowest BCUT2D eigenvalue weighted by molar-refractivity contribution is -0.128. The minimum atomic E-state index is -0.458. The first kappa shape index (κ1) is 18.7. The molecule has 0 saturated carbocycles. The van der Waals surface area contributed by atoms with Gasteiger partial charge in [0.15, 0.2) is 5.96 Å². The van der Waals surface area contributed by atoms with Gasteiger partial charge >= 0.3 is 0 Å². The molecule has 0 aromatic carbocycles. The van der Waals surface area contributed by atoms with Gasteiger partial charge in [0.2, 0.25) is 5.91 Å². The molecule has 0 aliphatic carbocycles. The number of piperidine rings is 1. The van der Waals surface area contributed by atoms with E-state index in [0.717, 1.165) is 19.0 Å². The van der Waals surface area contributed by atoms with Crippen LogP contribution in [0.3, 0.4) is 0 Å². The highest BCUT2D eigenvalue weighted by molar-refractivity contribution is 5.84. The molecular weight excluding hydrogens is 278 g/mol. The molecule has 1 heterocycles. The van der Waals surface area contributed by atoms with E-state index in [1.807, 2.05) is 20.8 Å². The standard InChI is InChI=1S/C16H33N5O/c1-5-18-14(22)16(2,3)13-20-15(17-4)19-9-12-21-10-7-6-8-11-21/h5-13H2,1-4H3,(H,18,22)(H2,17,19,20). The second-order valence-corrected chi connectivity index (χ2v) is 6.50. The number of carbonyl (C=O) groups is 1. The highest BCUT2D eigenvalue weighted by Gasteiger charge is 2.27. The van der Waals surface area contributed by atoms with Crippen LogP contribution in [0.15, 0.2) is 4.99 Å². The van der Waals surface area contributed by atoms with Crippen molar-refractivity contribution in [1.29, 1.82) is 0 Å². The topological polar surface area (TPSA) is 68.8 Å². The zero-order valence-corrected chi connectivity index (χ0v) is 14.7. The highest BCUT2D eigenvalue weighted by atomic mass is 16.2. The first-order valence-corrected chi connectivity index (χ1v) is 8.44. The average molecular weight is 311 g/mol. The van der Waals surface area contributed by atoms with Crippen LogP contribution in [0.5, 0.6) is 0 Å². The van der Waals surface area contributed by atoms with E-state index >= 15 is 0 Å². The van der Waals surface area contributed by atoms with E-state index in [4.69, 9.17) is 0 Å². The molecule has 0 radical (unpaired) electrons. The van der Waals surface area contributed by atoms with E-state index in [1.54, 1.807) is 7.05 Å². The first-order valence-electron chi connectivity index (χ1n) is 8.44. The Balaban J connectivity index is 2.28. The predicted molar refractivity (Wildman–Crippen MR) is 92.1 cm³/mol. The van der Waals surface area contributed by atoms with Crippen LogP contribution in [0.25, 0.3) is 0 Å². The van der Waals surface area contributed by atoms with Gasteiger partial charge in [-0.2, -0.15) is 0 Å². The third kappa shape index (κ3) is 6.64. The Kier molecular flexibility index (Phi) is 8.24. The fourth-order valence-corrected chi connectivity index (χ4v) is 2.52. The fourth-order valence-electron chi connectivity index (χ4n) is 2.52. The van der Waals surface area contributed by atoms with Crippen LogP contribution in [-0.4, -0.2) is 63.1 Å². The quantitative estimate of drug-likeness (QED) is 0.480. The first-order chi connectivity index (χ1) is 10.5. The summed E-state index contributed by atoms with van der Waals surface area (Å²) in [7, 11) is 1.76. The fraction of sp³-hybridized carbons (Fsp3) is 0.875. The number of hydrogen-bond donors (Lipinski definition) is 3. The van der Waals surface area contributed by atoms with Crippen LogP contribution >= 0.6 is 0 Å². The number of likely N-dealkylation sites (tertiary alicyclic amines) is 1. The predicted octanol–water partition coefficient (Wildman–Crippen LogP) is 0.800. The zero-order chi connectivity index (χ0) is 16.4. The van der Waals surface area contributed by atoms with E-state index in [2.05, 4.69) is 25.8 Å². The van der Waals surface area contributed by atoms with Crippen molar-refractivity contribution in [2.45, 2.75) is 40.0 Å². The summed E-state index contributed by atoms with van der Waals surface area (Å²) in [5.41, 5.74) is -0.458. The Bertz CT molecular complexity index is 362. The minimum absolute atomic E-state index is 0.0614. The number of amides is 1. The van der Waals surface area contributed by atoms with Crippen molar-refractivity contribution < 1.29 is 4.79 Å². The van der Waals surface area contributed by atoms with Gasteiger partial charge in [-0.1, -0.05) is 6.42 Å². The summed E-state index contributed by atoms with van der Waals surface area (Å²) < 4.78 is 0. The monoisotopic (exact) mass is 311 g/mol. The number of carbonyl (C=O) groups excluding carboxylic acids is 1. The van der Waals surface area contributed by atoms with Crippen LogP contribution in [0.2, 0.25) is 0 Å². The van der Waals surface area contributed by atoms with E-state index in [-0.39, 0.29) is 5.91 Å². The third-order valence-corrected chi connectivity index (χ3v) is 4.04. The maximum atomic E-state index is 12.0. The Labute approximate surface area is 135 Å². The second-order valence-electron chi connectivity index (χ2n) is 6.50. The van der Waals surface area contributed by atoms with Crippen molar-refractivity contribution in [3.63, 3.8) is 0 Å². The molecule has 1 fully saturated rings. The van der Waals surface area contributed by atoms with Crippen molar-refractivity contribution in [2.75, 3.05) is 46.3 Å². The number of nitrogens with one attached hydrogen (secondary N) is 3. The van der Waals surface area contributed by atoms with Crippen LogP contribution < -0.4 is 16.0 Å². The van der Waals surface area contributed by atoms with Gasteiger partial charge in [0.1, 0.15) is 0 Å². The maximum Gasteiger partial charge on any atom is 0.227 e. The molecule has 1 saturated heterocycles. The van der Waals surface area contributed by atoms with Crippen molar-refractivity contribution >= 4 is 11.9 Å². The Morgan fingerprint density at radius 3 is 2.41 bits per heavy atom. The summed E-state index contributed by atoms with van der Waals surface area (Å²) in [4.78, 5) is 18.7. The molecule has 3 N–H and O–H groups in total. The molecule has 22 heavy (non-hydrogen) atoms. The molecule has 0 atom stereocenters. The normalized spacial score (nSPS) is 17.2. The van der Waals surface area contributed by atoms with Gasteiger partial charge in [-0.3, -0.25) is 9.79 Å². The molecule has 0 bridgehead atoms. The molecular formula is C16H33N5O. The molecule has 0 spiro atoms. The SMILES string of the molecule is CCNC(=O)C(C)(C)CNC(=NC)NCCN1CCCCC1. The summed E-state index contributed by atoms with van der Waals surface area (Å²) in [6.07, 6.45) is 3.99. The smallest absolute Gasteiger partial charge is 0.227 e. The Morgan fingerprint density at radius 1 is 1.14 bits per heavy atom. The number of aliphatic imine (C=N–C) groups is 1. The summed E-state index contributed by atoms with van der Waals surface area (Å²) >= 11 is 0. The number of hydrogen-bond acceptors (Lipinski definition) is 3.